The molecular weight excluding hydrogens is 671 g/mol. The summed E-state index contributed by atoms with van der Waals surface area (Å²) in [5, 5.41) is 8.87. The first kappa shape index (κ1) is 31.1. The van der Waals surface area contributed by atoms with Crippen molar-refractivity contribution in [1.82, 2.24) is 15.0 Å². The van der Waals surface area contributed by atoms with Crippen LogP contribution in [0.5, 0.6) is 0 Å². The first-order valence-corrected chi connectivity index (χ1v) is 18.5. The van der Waals surface area contributed by atoms with E-state index in [2.05, 4.69) is 176 Å². The molecule has 0 aliphatic heterocycles. The Bertz CT molecular complexity index is 3180. The van der Waals surface area contributed by atoms with Crippen LogP contribution in [0.15, 0.2) is 192 Å². The summed E-state index contributed by atoms with van der Waals surface area (Å²) >= 11 is 0. The Kier molecular flexibility index (Phi) is 7.14. The summed E-state index contributed by atoms with van der Waals surface area (Å²) < 4.78 is 6.91. The predicted molar refractivity (Wildman–Crippen MR) is 227 cm³/mol. The second-order valence-corrected chi connectivity index (χ2v) is 14.0. The second-order valence-electron chi connectivity index (χ2n) is 14.0. The molecule has 256 valence electrons. The van der Waals surface area contributed by atoms with E-state index in [0.717, 1.165) is 76.9 Å². The second kappa shape index (κ2) is 12.6. The molecule has 11 aromatic rings. The molecule has 4 nitrogen and oxygen atoms in total. The lowest BCUT2D eigenvalue weighted by atomic mass is 9.92. The minimum atomic E-state index is 0.593. The van der Waals surface area contributed by atoms with Gasteiger partial charge in [0.1, 0.15) is 11.2 Å². The van der Waals surface area contributed by atoms with E-state index in [1.54, 1.807) is 0 Å². The van der Waals surface area contributed by atoms with Gasteiger partial charge in [-0.2, -0.15) is 0 Å². The molecule has 0 radical (unpaired) electrons. The maximum atomic E-state index is 6.91. The average molecular weight is 702 g/mol. The van der Waals surface area contributed by atoms with Gasteiger partial charge in [0.05, 0.1) is 0 Å². The van der Waals surface area contributed by atoms with Crippen LogP contribution in [0.25, 0.3) is 111 Å². The van der Waals surface area contributed by atoms with Crippen LogP contribution in [-0.4, -0.2) is 15.0 Å². The van der Waals surface area contributed by atoms with Crippen molar-refractivity contribution < 1.29 is 4.42 Å². The highest BCUT2D eigenvalue weighted by molar-refractivity contribution is 6.21. The van der Waals surface area contributed by atoms with Crippen LogP contribution in [0, 0.1) is 0 Å². The van der Waals surface area contributed by atoms with Crippen molar-refractivity contribution in [2.24, 2.45) is 0 Å². The van der Waals surface area contributed by atoms with Gasteiger partial charge in [-0.25, -0.2) is 15.0 Å². The molecule has 0 fully saturated rings. The van der Waals surface area contributed by atoms with Gasteiger partial charge in [-0.3, -0.25) is 0 Å². The van der Waals surface area contributed by atoms with Crippen molar-refractivity contribution in [3.8, 4) is 56.4 Å². The minimum absolute atomic E-state index is 0.593. The molecule has 55 heavy (non-hydrogen) atoms. The van der Waals surface area contributed by atoms with Crippen LogP contribution in [0.2, 0.25) is 0 Å². The van der Waals surface area contributed by atoms with Gasteiger partial charge in [-0.1, -0.05) is 158 Å². The number of nitrogens with zero attached hydrogens (tertiary/aromatic N) is 3. The highest BCUT2D eigenvalue weighted by Crippen LogP contribution is 2.44. The number of hydrogen-bond acceptors (Lipinski definition) is 4. The molecule has 0 bridgehead atoms. The number of hydrogen-bond donors (Lipinski definition) is 0. The van der Waals surface area contributed by atoms with Gasteiger partial charge in [-0.15, -0.1) is 0 Å². The van der Waals surface area contributed by atoms with E-state index < -0.39 is 0 Å². The predicted octanol–water partition coefficient (Wildman–Crippen LogP) is 13.6. The Morgan fingerprint density at radius 3 is 1.60 bits per heavy atom. The van der Waals surface area contributed by atoms with Crippen LogP contribution >= 0.6 is 0 Å². The highest BCUT2D eigenvalue weighted by atomic mass is 16.3. The smallest absolute Gasteiger partial charge is 0.164 e. The van der Waals surface area contributed by atoms with Crippen molar-refractivity contribution in [2.45, 2.75) is 0 Å². The molecule has 0 atom stereocenters. The molecule has 0 spiro atoms. The van der Waals surface area contributed by atoms with Crippen molar-refractivity contribution in [1.29, 1.82) is 0 Å². The molecule has 2 aromatic heterocycles. The SMILES string of the molecule is c1ccc(-c2cccc(-c3c4ccccc4cc4c3oc3cccc(-c5nc(-c6ccc7ccccc7c6)nc(-c6ccc7ccccc7c6)n5)c34)c2)cc1. The number of fused-ring (bicyclic) bond motifs is 6. The Hall–Kier alpha value is -7.43. The fourth-order valence-electron chi connectivity index (χ4n) is 7.99. The van der Waals surface area contributed by atoms with E-state index in [1.165, 1.54) is 16.3 Å². The Morgan fingerprint density at radius 1 is 0.327 bits per heavy atom. The summed E-state index contributed by atoms with van der Waals surface area (Å²) in [6.45, 7) is 0. The lowest BCUT2D eigenvalue weighted by Gasteiger charge is -2.11. The molecule has 0 amide bonds. The lowest BCUT2D eigenvalue weighted by molar-refractivity contribution is 0.670. The van der Waals surface area contributed by atoms with E-state index >= 15 is 0 Å². The zero-order valence-corrected chi connectivity index (χ0v) is 29.6. The minimum Gasteiger partial charge on any atom is -0.455 e. The standard InChI is InChI=1S/C51H31N3O/c1-2-12-32(13-3-1)37-19-10-20-39(28-37)46-42-21-9-8-18-38(42)31-44-47-43(22-11-23-45(47)55-48(44)46)51-53-49(40-26-24-33-14-4-6-16-35(33)29-40)52-50(54-51)41-27-25-34-15-5-7-17-36(34)30-41/h1-31H. The molecule has 9 aromatic carbocycles. The summed E-state index contributed by atoms with van der Waals surface area (Å²) in [5.74, 6) is 1.83. The van der Waals surface area contributed by atoms with Crippen LogP contribution in [0.4, 0.5) is 0 Å². The van der Waals surface area contributed by atoms with Gasteiger partial charge in [0.25, 0.3) is 0 Å². The first-order valence-electron chi connectivity index (χ1n) is 18.5. The van der Waals surface area contributed by atoms with Crippen molar-refractivity contribution in [3.63, 3.8) is 0 Å². The maximum absolute atomic E-state index is 6.91. The molecular formula is C51H31N3O. The Labute approximate surface area is 317 Å². The monoisotopic (exact) mass is 701 g/mol. The summed E-state index contributed by atoms with van der Waals surface area (Å²) in [4.78, 5) is 15.6. The molecule has 0 unspecified atom stereocenters. The Balaban J connectivity index is 1.17. The van der Waals surface area contributed by atoms with Gasteiger partial charge in [-0.05, 0) is 79.3 Å². The van der Waals surface area contributed by atoms with Crippen LogP contribution in [0.3, 0.4) is 0 Å². The molecule has 0 saturated heterocycles. The molecule has 0 N–H and O–H groups in total. The zero-order chi connectivity index (χ0) is 36.3. The third-order valence-electron chi connectivity index (χ3n) is 10.7. The Morgan fingerprint density at radius 2 is 0.891 bits per heavy atom. The van der Waals surface area contributed by atoms with Gasteiger partial charge in [0.15, 0.2) is 17.5 Å². The summed E-state index contributed by atoms with van der Waals surface area (Å²) in [6, 6.07) is 65.8. The largest absolute Gasteiger partial charge is 0.455 e. The molecule has 0 saturated carbocycles. The number of benzene rings is 9. The van der Waals surface area contributed by atoms with Crippen molar-refractivity contribution >= 4 is 54.3 Å². The number of aromatic nitrogens is 3. The topological polar surface area (TPSA) is 51.8 Å². The van der Waals surface area contributed by atoms with E-state index in [1.807, 2.05) is 12.1 Å². The molecule has 11 rings (SSSR count). The van der Waals surface area contributed by atoms with Crippen molar-refractivity contribution in [3.05, 3.63) is 188 Å². The molecule has 0 aliphatic carbocycles. The van der Waals surface area contributed by atoms with Gasteiger partial charge in [0, 0.05) is 33.0 Å². The lowest BCUT2D eigenvalue weighted by Crippen LogP contribution is -2.00. The number of furan rings is 1. The van der Waals surface area contributed by atoms with E-state index in [9.17, 15) is 0 Å². The third-order valence-corrected chi connectivity index (χ3v) is 10.7. The average Bonchev–Trinajstić information content (AvgIpc) is 3.63. The maximum Gasteiger partial charge on any atom is 0.164 e. The quantitative estimate of drug-likeness (QED) is 0.179. The molecule has 0 aliphatic rings. The normalized spacial score (nSPS) is 11.6. The molecule has 4 heteroatoms. The van der Waals surface area contributed by atoms with Gasteiger partial charge in [0.2, 0.25) is 0 Å². The van der Waals surface area contributed by atoms with Crippen LogP contribution in [-0.2, 0) is 0 Å². The van der Waals surface area contributed by atoms with E-state index in [0.29, 0.717) is 17.5 Å². The number of rotatable bonds is 5. The van der Waals surface area contributed by atoms with Crippen LogP contribution in [0.1, 0.15) is 0 Å². The highest BCUT2D eigenvalue weighted by Gasteiger charge is 2.22. The van der Waals surface area contributed by atoms with Gasteiger partial charge < -0.3 is 4.42 Å². The van der Waals surface area contributed by atoms with Crippen molar-refractivity contribution in [2.75, 3.05) is 0 Å². The summed E-state index contributed by atoms with van der Waals surface area (Å²) in [7, 11) is 0. The first-order chi connectivity index (χ1) is 27.2. The van der Waals surface area contributed by atoms with E-state index in [4.69, 9.17) is 19.4 Å². The summed E-state index contributed by atoms with van der Waals surface area (Å²) in [5.41, 5.74) is 8.87. The molecule has 2 heterocycles. The zero-order valence-electron chi connectivity index (χ0n) is 29.6. The summed E-state index contributed by atoms with van der Waals surface area (Å²) in [6.07, 6.45) is 0. The third kappa shape index (κ3) is 5.34. The van der Waals surface area contributed by atoms with Gasteiger partial charge >= 0.3 is 0 Å². The van der Waals surface area contributed by atoms with E-state index in [-0.39, 0.29) is 0 Å². The fraction of sp³-hybridized carbons (Fsp3) is 0. The fourth-order valence-corrected chi connectivity index (χ4v) is 7.99. The van der Waals surface area contributed by atoms with Crippen LogP contribution < -0.4 is 0 Å².